The highest BCUT2D eigenvalue weighted by Gasteiger charge is 2.15. The molecule has 0 radical (unpaired) electrons. The van der Waals surface area contributed by atoms with Gasteiger partial charge in [-0.05, 0) is 6.07 Å². The predicted molar refractivity (Wildman–Crippen MR) is 51.2 cm³/mol. The summed E-state index contributed by atoms with van der Waals surface area (Å²) in [5.74, 6) is 0. The Bertz CT molecular complexity index is 515. The highest BCUT2D eigenvalue weighted by atomic mass is 35.5. The molecule has 14 heavy (non-hydrogen) atoms. The molecule has 0 aliphatic heterocycles. The Hall–Kier alpha value is -1.75. The lowest BCUT2D eigenvalue weighted by molar-refractivity contribution is -0.384. The number of aromatic nitrogens is 2. The number of nitro benzene ring substituents is 1. The van der Waals surface area contributed by atoms with Crippen LogP contribution in [0.5, 0.6) is 0 Å². The Morgan fingerprint density at radius 1 is 1.29 bits per heavy atom. The van der Waals surface area contributed by atoms with Crippen molar-refractivity contribution in [3.63, 3.8) is 0 Å². The lowest BCUT2D eigenvalue weighted by Gasteiger charge is -1.98. The van der Waals surface area contributed by atoms with Gasteiger partial charge in [0.2, 0.25) is 0 Å². The smallest absolute Gasteiger partial charge is 0.258 e. The molecule has 5 nitrogen and oxygen atoms in total. The van der Waals surface area contributed by atoms with Crippen LogP contribution >= 0.6 is 11.6 Å². The van der Waals surface area contributed by atoms with E-state index in [9.17, 15) is 10.1 Å². The Morgan fingerprint density at radius 3 is 2.71 bits per heavy atom. The summed E-state index contributed by atoms with van der Waals surface area (Å²) in [7, 11) is 0. The molecule has 1 aromatic heterocycles. The first-order valence-corrected chi connectivity index (χ1v) is 4.11. The zero-order valence-electron chi connectivity index (χ0n) is 6.85. The fourth-order valence-corrected chi connectivity index (χ4v) is 1.41. The third kappa shape index (κ3) is 1.27. The average Bonchev–Trinajstić information content (AvgIpc) is 2.18. The van der Waals surface area contributed by atoms with Gasteiger partial charge in [-0.25, -0.2) is 0 Å². The van der Waals surface area contributed by atoms with Crippen LogP contribution in [-0.2, 0) is 0 Å². The topological polar surface area (TPSA) is 68.9 Å². The maximum atomic E-state index is 10.5. The fraction of sp³-hybridized carbons (Fsp3) is 0. The molecule has 0 aliphatic rings. The van der Waals surface area contributed by atoms with Gasteiger partial charge >= 0.3 is 0 Å². The highest BCUT2D eigenvalue weighted by Crippen LogP contribution is 2.29. The molecule has 0 fully saturated rings. The second kappa shape index (κ2) is 3.19. The molecule has 0 bridgehead atoms. The summed E-state index contributed by atoms with van der Waals surface area (Å²) < 4.78 is 0. The minimum atomic E-state index is -0.545. The van der Waals surface area contributed by atoms with Crippen LogP contribution in [0.25, 0.3) is 11.0 Å². The van der Waals surface area contributed by atoms with Crippen LogP contribution in [0, 0.1) is 10.1 Å². The summed E-state index contributed by atoms with van der Waals surface area (Å²) in [6.45, 7) is 0. The number of rotatable bonds is 1. The number of nitrogens with zero attached hydrogens (tertiary/aromatic N) is 3. The standard InChI is InChI=1S/C8H4ClN3O2/c9-7-6(12(13)14)2-1-5-8(7)11-4-3-10-5/h1-4H. The fourth-order valence-electron chi connectivity index (χ4n) is 1.13. The van der Waals surface area contributed by atoms with Crippen molar-refractivity contribution >= 4 is 28.3 Å². The SMILES string of the molecule is O=[N+]([O-])c1ccc2nccnc2c1Cl. The number of hydrogen-bond acceptors (Lipinski definition) is 4. The molecule has 0 unspecified atom stereocenters. The summed E-state index contributed by atoms with van der Waals surface area (Å²) >= 11 is 5.79. The van der Waals surface area contributed by atoms with Gasteiger partial charge in [0.1, 0.15) is 10.5 Å². The minimum absolute atomic E-state index is 0.0283. The largest absolute Gasteiger partial charge is 0.290 e. The van der Waals surface area contributed by atoms with Crippen molar-refractivity contribution in [1.29, 1.82) is 0 Å². The maximum absolute atomic E-state index is 10.5. The Labute approximate surface area is 83.5 Å². The van der Waals surface area contributed by atoms with Gasteiger partial charge in [-0.1, -0.05) is 11.6 Å². The van der Waals surface area contributed by atoms with Crippen molar-refractivity contribution in [2.45, 2.75) is 0 Å². The molecule has 0 atom stereocenters. The van der Waals surface area contributed by atoms with Crippen molar-refractivity contribution in [1.82, 2.24) is 9.97 Å². The molecule has 2 rings (SSSR count). The highest BCUT2D eigenvalue weighted by molar-refractivity contribution is 6.37. The number of benzene rings is 1. The molecule has 0 amide bonds. The van der Waals surface area contributed by atoms with E-state index in [1.807, 2.05) is 0 Å². The normalized spacial score (nSPS) is 10.4. The van der Waals surface area contributed by atoms with E-state index in [-0.39, 0.29) is 10.7 Å². The predicted octanol–water partition coefficient (Wildman–Crippen LogP) is 2.19. The molecular formula is C8H4ClN3O2. The quantitative estimate of drug-likeness (QED) is 0.533. The molecule has 1 heterocycles. The summed E-state index contributed by atoms with van der Waals surface area (Å²) in [5, 5.41) is 10.6. The van der Waals surface area contributed by atoms with Crippen LogP contribution in [0.2, 0.25) is 5.02 Å². The summed E-state index contributed by atoms with van der Waals surface area (Å²) in [6.07, 6.45) is 2.95. The Morgan fingerprint density at radius 2 is 2.00 bits per heavy atom. The number of nitro groups is 1. The van der Waals surface area contributed by atoms with Crippen molar-refractivity contribution < 1.29 is 4.92 Å². The molecule has 0 aliphatic carbocycles. The molecular weight excluding hydrogens is 206 g/mol. The molecule has 70 valence electrons. The number of halogens is 1. The second-order valence-corrected chi connectivity index (χ2v) is 2.96. The van der Waals surface area contributed by atoms with Gasteiger partial charge in [0.15, 0.2) is 0 Å². The number of hydrogen-bond donors (Lipinski definition) is 0. The van der Waals surface area contributed by atoms with Gasteiger partial charge in [-0.3, -0.25) is 20.1 Å². The molecule has 1 aromatic carbocycles. The number of fused-ring (bicyclic) bond motifs is 1. The van der Waals surface area contributed by atoms with Crippen molar-refractivity contribution in [3.05, 3.63) is 39.7 Å². The van der Waals surface area contributed by atoms with Crippen molar-refractivity contribution in [2.75, 3.05) is 0 Å². The van der Waals surface area contributed by atoms with Crippen molar-refractivity contribution in [3.8, 4) is 0 Å². The van der Waals surface area contributed by atoms with E-state index in [4.69, 9.17) is 11.6 Å². The second-order valence-electron chi connectivity index (χ2n) is 2.58. The Balaban J connectivity index is 2.81. The van der Waals surface area contributed by atoms with Gasteiger partial charge in [0.25, 0.3) is 5.69 Å². The van der Waals surface area contributed by atoms with E-state index in [0.29, 0.717) is 11.0 Å². The molecule has 6 heteroatoms. The van der Waals surface area contributed by atoms with E-state index in [1.54, 1.807) is 0 Å². The monoisotopic (exact) mass is 209 g/mol. The molecule has 0 saturated heterocycles. The van der Waals surface area contributed by atoms with Crippen LogP contribution < -0.4 is 0 Å². The summed E-state index contributed by atoms with van der Waals surface area (Å²) in [6, 6.07) is 2.84. The van der Waals surface area contributed by atoms with Crippen molar-refractivity contribution in [2.24, 2.45) is 0 Å². The Kier molecular flexibility index (Phi) is 2.01. The van der Waals surface area contributed by atoms with Crippen LogP contribution in [-0.4, -0.2) is 14.9 Å². The summed E-state index contributed by atoms with van der Waals surface area (Å²) in [5.41, 5.74) is 0.742. The average molecular weight is 210 g/mol. The van der Waals surface area contributed by atoms with Gasteiger partial charge in [0, 0.05) is 18.5 Å². The lowest BCUT2D eigenvalue weighted by atomic mass is 10.2. The van der Waals surface area contributed by atoms with Gasteiger partial charge < -0.3 is 0 Å². The third-order valence-electron chi connectivity index (χ3n) is 1.76. The molecule has 2 aromatic rings. The first-order valence-electron chi connectivity index (χ1n) is 3.74. The first kappa shape index (κ1) is 8.83. The summed E-state index contributed by atoms with van der Waals surface area (Å²) in [4.78, 5) is 17.9. The molecule has 0 saturated carbocycles. The lowest BCUT2D eigenvalue weighted by Crippen LogP contribution is -1.91. The third-order valence-corrected chi connectivity index (χ3v) is 2.13. The zero-order chi connectivity index (χ0) is 10.1. The van der Waals surface area contributed by atoms with Gasteiger partial charge in [-0.15, -0.1) is 0 Å². The minimum Gasteiger partial charge on any atom is -0.258 e. The zero-order valence-corrected chi connectivity index (χ0v) is 7.60. The van der Waals surface area contributed by atoms with Crippen LogP contribution in [0.1, 0.15) is 0 Å². The van der Waals surface area contributed by atoms with Gasteiger partial charge in [0.05, 0.1) is 10.4 Å². The van der Waals surface area contributed by atoms with Gasteiger partial charge in [-0.2, -0.15) is 0 Å². The first-order chi connectivity index (χ1) is 6.70. The van der Waals surface area contributed by atoms with Crippen LogP contribution in [0.3, 0.4) is 0 Å². The van der Waals surface area contributed by atoms with E-state index >= 15 is 0 Å². The molecule has 0 N–H and O–H groups in total. The van der Waals surface area contributed by atoms with E-state index in [2.05, 4.69) is 9.97 Å². The van der Waals surface area contributed by atoms with Crippen LogP contribution in [0.4, 0.5) is 5.69 Å². The van der Waals surface area contributed by atoms with E-state index in [1.165, 1.54) is 24.5 Å². The van der Waals surface area contributed by atoms with E-state index < -0.39 is 4.92 Å². The van der Waals surface area contributed by atoms with Crippen LogP contribution in [0.15, 0.2) is 24.5 Å². The maximum Gasteiger partial charge on any atom is 0.290 e. The molecule has 0 spiro atoms. The van der Waals surface area contributed by atoms with E-state index in [0.717, 1.165) is 0 Å².